The fraction of sp³-hybridized carbons (Fsp3) is 0.267. The molecule has 116 valence electrons. The molecule has 7 heteroatoms. The molecule has 0 radical (unpaired) electrons. The maximum atomic E-state index is 12.3. The van der Waals surface area contributed by atoms with Crippen LogP contribution in [-0.4, -0.2) is 34.6 Å². The Morgan fingerprint density at radius 3 is 2.64 bits per heavy atom. The minimum absolute atomic E-state index is 0.229. The van der Waals surface area contributed by atoms with Gasteiger partial charge in [0.1, 0.15) is 6.04 Å². The van der Waals surface area contributed by atoms with Gasteiger partial charge in [0, 0.05) is 17.1 Å². The maximum Gasteiger partial charge on any atom is 0.255 e. The number of nitrogens with zero attached hydrogens (tertiary/aromatic N) is 1. The summed E-state index contributed by atoms with van der Waals surface area (Å²) < 4.78 is 0. The Bertz CT molecular complexity index is 666. The Balaban J connectivity index is 2.16. The number of hydrogen-bond acceptors (Lipinski definition) is 3. The Morgan fingerprint density at radius 1 is 1.32 bits per heavy atom. The highest BCUT2D eigenvalue weighted by Crippen LogP contribution is 2.22. The number of aromatic amines is 1. The van der Waals surface area contributed by atoms with Gasteiger partial charge in [0.05, 0.1) is 17.5 Å². The largest absolute Gasteiger partial charge is 0.355 e. The van der Waals surface area contributed by atoms with E-state index in [0.717, 1.165) is 5.56 Å². The molecule has 1 aromatic heterocycles. The normalized spacial score (nSPS) is 11.8. The highest BCUT2D eigenvalue weighted by Gasteiger charge is 2.20. The van der Waals surface area contributed by atoms with Gasteiger partial charge < -0.3 is 10.6 Å². The van der Waals surface area contributed by atoms with E-state index in [1.54, 1.807) is 31.2 Å². The van der Waals surface area contributed by atoms with Gasteiger partial charge in [-0.05, 0) is 26.0 Å². The van der Waals surface area contributed by atoms with Crippen molar-refractivity contribution in [1.82, 2.24) is 20.8 Å². The molecule has 0 bridgehead atoms. The minimum atomic E-state index is -0.625. The summed E-state index contributed by atoms with van der Waals surface area (Å²) in [5.41, 5.74) is 1.74. The number of nitrogens with one attached hydrogen (secondary N) is 3. The summed E-state index contributed by atoms with van der Waals surface area (Å²) in [6, 6.07) is 6.42. The van der Waals surface area contributed by atoms with Crippen LogP contribution in [0.5, 0.6) is 0 Å². The highest BCUT2D eigenvalue weighted by molar-refractivity contribution is 6.30. The first-order valence-corrected chi connectivity index (χ1v) is 7.28. The molecule has 0 saturated carbocycles. The molecule has 22 heavy (non-hydrogen) atoms. The van der Waals surface area contributed by atoms with Crippen LogP contribution in [0.4, 0.5) is 0 Å². The second kappa shape index (κ2) is 7.09. The van der Waals surface area contributed by atoms with E-state index in [4.69, 9.17) is 11.6 Å². The van der Waals surface area contributed by atoms with Crippen LogP contribution in [0, 0.1) is 0 Å². The average Bonchev–Trinajstić information content (AvgIpc) is 2.97. The van der Waals surface area contributed by atoms with Crippen LogP contribution >= 0.6 is 11.6 Å². The molecule has 2 rings (SSSR count). The van der Waals surface area contributed by atoms with E-state index >= 15 is 0 Å². The molecule has 6 nitrogen and oxygen atoms in total. The van der Waals surface area contributed by atoms with Gasteiger partial charge in [0.25, 0.3) is 5.91 Å². The Kier molecular flexibility index (Phi) is 5.16. The lowest BCUT2D eigenvalue weighted by Gasteiger charge is -2.13. The zero-order chi connectivity index (χ0) is 16.1. The van der Waals surface area contributed by atoms with Crippen molar-refractivity contribution in [2.45, 2.75) is 19.9 Å². The fourth-order valence-electron chi connectivity index (χ4n) is 1.96. The van der Waals surface area contributed by atoms with Crippen molar-refractivity contribution in [3.05, 3.63) is 41.0 Å². The van der Waals surface area contributed by atoms with Crippen molar-refractivity contribution in [2.75, 3.05) is 6.54 Å². The third-order valence-electron chi connectivity index (χ3n) is 3.11. The van der Waals surface area contributed by atoms with Crippen molar-refractivity contribution in [3.8, 4) is 11.3 Å². The second-order valence-corrected chi connectivity index (χ2v) is 5.19. The Morgan fingerprint density at radius 2 is 2.00 bits per heavy atom. The Labute approximate surface area is 133 Å². The second-order valence-electron chi connectivity index (χ2n) is 4.76. The van der Waals surface area contributed by atoms with Crippen molar-refractivity contribution < 1.29 is 9.59 Å². The lowest BCUT2D eigenvalue weighted by molar-refractivity contribution is -0.122. The van der Waals surface area contributed by atoms with Crippen LogP contribution in [0.3, 0.4) is 0 Å². The lowest BCUT2D eigenvalue weighted by atomic mass is 10.1. The third kappa shape index (κ3) is 3.65. The molecular formula is C15H17ClN4O2. The number of rotatable bonds is 5. The molecule has 0 saturated heterocycles. The van der Waals surface area contributed by atoms with Gasteiger partial charge in [-0.15, -0.1) is 0 Å². The smallest absolute Gasteiger partial charge is 0.255 e. The zero-order valence-corrected chi connectivity index (χ0v) is 13.1. The molecule has 0 spiro atoms. The molecule has 3 N–H and O–H groups in total. The first-order chi connectivity index (χ1) is 10.5. The molecule has 1 heterocycles. The van der Waals surface area contributed by atoms with E-state index < -0.39 is 6.04 Å². The number of carbonyl (C=O) groups excluding carboxylic acids is 2. The van der Waals surface area contributed by atoms with Crippen molar-refractivity contribution in [3.63, 3.8) is 0 Å². The number of carbonyl (C=O) groups is 2. The number of benzene rings is 1. The van der Waals surface area contributed by atoms with Crippen LogP contribution in [0.25, 0.3) is 11.3 Å². The molecule has 0 aliphatic heterocycles. The fourth-order valence-corrected chi connectivity index (χ4v) is 2.09. The summed E-state index contributed by atoms with van der Waals surface area (Å²) in [5, 5.41) is 12.6. The van der Waals surface area contributed by atoms with Crippen molar-refractivity contribution in [2.24, 2.45) is 0 Å². The molecule has 1 atom stereocenters. The summed E-state index contributed by atoms with van der Waals surface area (Å²) >= 11 is 5.86. The van der Waals surface area contributed by atoms with Gasteiger partial charge in [0.2, 0.25) is 5.91 Å². The van der Waals surface area contributed by atoms with Crippen molar-refractivity contribution >= 4 is 23.4 Å². The average molecular weight is 321 g/mol. The number of likely N-dealkylation sites (N-methyl/N-ethyl adjacent to an activating group) is 1. The summed E-state index contributed by atoms with van der Waals surface area (Å²) in [6.07, 6.45) is 1.43. The molecule has 0 aliphatic rings. The van der Waals surface area contributed by atoms with E-state index in [9.17, 15) is 9.59 Å². The molecule has 1 aromatic carbocycles. The van der Waals surface area contributed by atoms with E-state index in [2.05, 4.69) is 20.8 Å². The molecule has 0 aliphatic carbocycles. The lowest BCUT2D eigenvalue weighted by Crippen LogP contribution is -2.44. The van der Waals surface area contributed by atoms with Gasteiger partial charge in [-0.1, -0.05) is 23.7 Å². The minimum Gasteiger partial charge on any atom is -0.355 e. The molecule has 2 aromatic rings. The monoisotopic (exact) mass is 320 g/mol. The summed E-state index contributed by atoms with van der Waals surface area (Å²) in [4.78, 5) is 24.0. The quantitative estimate of drug-likeness (QED) is 0.787. The van der Waals surface area contributed by atoms with E-state index in [-0.39, 0.29) is 11.8 Å². The van der Waals surface area contributed by atoms with Crippen LogP contribution < -0.4 is 10.6 Å². The summed E-state index contributed by atoms with van der Waals surface area (Å²) in [5.74, 6) is -0.593. The van der Waals surface area contributed by atoms with Crippen molar-refractivity contribution in [1.29, 1.82) is 0 Å². The third-order valence-corrected chi connectivity index (χ3v) is 3.36. The number of hydrogen-bond donors (Lipinski definition) is 3. The van der Waals surface area contributed by atoms with Gasteiger partial charge in [0.15, 0.2) is 0 Å². The first-order valence-electron chi connectivity index (χ1n) is 6.90. The standard InChI is InChI=1S/C15H17ClN4O2/c1-3-17-14(21)9(2)19-15(22)12-8-18-20-13(12)10-4-6-11(16)7-5-10/h4-9H,3H2,1-2H3,(H,17,21)(H,18,20)(H,19,22). The number of halogens is 1. The van der Waals surface area contributed by atoms with E-state index in [1.807, 2.05) is 6.92 Å². The van der Waals surface area contributed by atoms with E-state index in [1.165, 1.54) is 6.20 Å². The van der Waals surface area contributed by atoms with E-state index in [0.29, 0.717) is 22.8 Å². The summed E-state index contributed by atoms with van der Waals surface area (Å²) in [7, 11) is 0. The highest BCUT2D eigenvalue weighted by atomic mass is 35.5. The topological polar surface area (TPSA) is 86.9 Å². The SMILES string of the molecule is CCNC(=O)C(C)NC(=O)c1cn[nH]c1-c1ccc(Cl)cc1. The van der Waals surface area contributed by atoms with Gasteiger partial charge in [-0.3, -0.25) is 14.7 Å². The zero-order valence-electron chi connectivity index (χ0n) is 12.3. The number of H-pyrrole nitrogens is 1. The van der Waals surface area contributed by atoms with Crippen LogP contribution in [-0.2, 0) is 4.79 Å². The molecule has 2 amide bonds. The molecule has 1 unspecified atom stereocenters. The molecule has 0 fully saturated rings. The molecular weight excluding hydrogens is 304 g/mol. The summed E-state index contributed by atoms with van der Waals surface area (Å²) in [6.45, 7) is 3.97. The van der Waals surface area contributed by atoms with Gasteiger partial charge >= 0.3 is 0 Å². The van der Waals surface area contributed by atoms with Crippen LogP contribution in [0.1, 0.15) is 24.2 Å². The predicted octanol–water partition coefficient (Wildman–Crippen LogP) is 1.98. The predicted molar refractivity (Wildman–Crippen MR) is 84.6 cm³/mol. The number of amides is 2. The van der Waals surface area contributed by atoms with Crippen LogP contribution in [0.15, 0.2) is 30.5 Å². The van der Waals surface area contributed by atoms with Crippen LogP contribution in [0.2, 0.25) is 5.02 Å². The Hall–Kier alpha value is -2.34. The van der Waals surface area contributed by atoms with Gasteiger partial charge in [-0.25, -0.2) is 0 Å². The maximum absolute atomic E-state index is 12.3. The first kappa shape index (κ1) is 16.0. The number of aromatic nitrogens is 2. The van der Waals surface area contributed by atoms with Gasteiger partial charge in [-0.2, -0.15) is 5.10 Å².